The zero-order valence-electron chi connectivity index (χ0n) is 14.7. The number of hydrogen-bond acceptors (Lipinski definition) is 5. The summed E-state index contributed by atoms with van der Waals surface area (Å²) in [7, 11) is 1.94. The van der Waals surface area contributed by atoms with Gasteiger partial charge in [0.15, 0.2) is 0 Å². The smallest absolute Gasteiger partial charge is 0.253 e. The molecule has 1 unspecified atom stereocenters. The molecule has 2 heterocycles. The Balaban J connectivity index is 1.52. The molecule has 0 aliphatic carbocycles. The number of hydrogen-bond donors (Lipinski definition) is 2. The van der Waals surface area contributed by atoms with Crippen LogP contribution in [0.1, 0.15) is 23.2 Å². The summed E-state index contributed by atoms with van der Waals surface area (Å²) < 4.78 is 1.13. The molecule has 0 radical (unpaired) electrons. The maximum absolute atomic E-state index is 12.6. The highest BCUT2D eigenvalue weighted by molar-refractivity contribution is 8.01. The predicted molar refractivity (Wildman–Crippen MR) is 108 cm³/mol. The number of thiophene rings is 1. The number of likely N-dealkylation sites (N-methyl/N-ethyl adjacent to an activating group) is 1. The van der Waals surface area contributed by atoms with Crippen LogP contribution in [0.25, 0.3) is 0 Å². The molecule has 1 aromatic carbocycles. The van der Waals surface area contributed by atoms with Gasteiger partial charge in [0.1, 0.15) is 0 Å². The fourth-order valence-electron chi connectivity index (χ4n) is 2.96. The minimum absolute atomic E-state index is 0.0460. The summed E-state index contributed by atoms with van der Waals surface area (Å²) in [4.78, 5) is 26.6. The molecule has 7 heteroatoms. The minimum atomic E-state index is -0.0460. The van der Waals surface area contributed by atoms with Gasteiger partial charge < -0.3 is 15.5 Å². The fourth-order valence-corrected chi connectivity index (χ4v) is 4.54. The molecule has 0 bridgehead atoms. The number of carbonyl (C=O) groups is 2. The van der Waals surface area contributed by atoms with Crippen LogP contribution < -0.4 is 10.6 Å². The molecule has 1 fully saturated rings. The molecule has 2 N–H and O–H groups in total. The van der Waals surface area contributed by atoms with Crippen LogP contribution in [0.5, 0.6) is 0 Å². The van der Waals surface area contributed by atoms with E-state index in [0.717, 1.165) is 30.1 Å². The number of anilines is 1. The lowest BCUT2D eigenvalue weighted by molar-refractivity contribution is -0.113. The summed E-state index contributed by atoms with van der Waals surface area (Å²) in [6.07, 6.45) is 2.13. The highest BCUT2D eigenvalue weighted by Crippen LogP contribution is 2.23. The van der Waals surface area contributed by atoms with Gasteiger partial charge in [0.25, 0.3) is 5.91 Å². The lowest BCUT2D eigenvalue weighted by Crippen LogP contribution is -2.46. The van der Waals surface area contributed by atoms with E-state index in [-0.39, 0.29) is 11.8 Å². The summed E-state index contributed by atoms with van der Waals surface area (Å²) in [5, 5.41) is 8.12. The third-order valence-corrected chi connectivity index (χ3v) is 6.50. The number of rotatable bonds is 6. The van der Waals surface area contributed by atoms with E-state index in [9.17, 15) is 9.59 Å². The summed E-state index contributed by atoms with van der Waals surface area (Å²) in [6, 6.07) is 11.5. The first kappa shape index (κ1) is 18.9. The molecule has 5 nitrogen and oxygen atoms in total. The van der Waals surface area contributed by atoms with Crippen LogP contribution in [-0.2, 0) is 4.79 Å². The van der Waals surface area contributed by atoms with E-state index in [0.29, 0.717) is 23.0 Å². The second-order valence-corrected chi connectivity index (χ2v) is 8.45. The maximum atomic E-state index is 12.6. The largest absolute Gasteiger partial charge is 0.337 e. The quantitative estimate of drug-likeness (QED) is 0.744. The van der Waals surface area contributed by atoms with Gasteiger partial charge in [-0.3, -0.25) is 9.59 Å². The van der Waals surface area contributed by atoms with Crippen LogP contribution in [-0.4, -0.2) is 48.6 Å². The molecule has 1 aromatic heterocycles. The van der Waals surface area contributed by atoms with Crippen LogP contribution in [0.3, 0.4) is 0 Å². The van der Waals surface area contributed by atoms with E-state index < -0.39 is 0 Å². The van der Waals surface area contributed by atoms with Crippen molar-refractivity contribution in [1.29, 1.82) is 0 Å². The van der Waals surface area contributed by atoms with Crippen molar-refractivity contribution in [3.63, 3.8) is 0 Å². The molecule has 0 spiro atoms. The Labute approximate surface area is 162 Å². The molecule has 0 saturated carbocycles. The lowest BCUT2D eigenvalue weighted by Gasteiger charge is -2.32. The number of likely N-dealkylation sites (tertiary alicyclic amines) is 1. The van der Waals surface area contributed by atoms with E-state index in [1.165, 1.54) is 11.8 Å². The third-order valence-electron chi connectivity index (χ3n) is 4.37. The molecule has 1 atom stereocenters. The maximum Gasteiger partial charge on any atom is 0.253 e. The van der Waals surface area contributed by atoms with E-state index in [1.807, 2.05) is 29.5 Å². The zero-order valence-corrected chi connectivity index (χ0v) is 16.4. The second-order valence-electron chi connectivity index (χ2n) is 6.23. The van der Waals surface area contributed by atoms with E-state index in [2.05, 4.69) is 10.6 Å². The van der Waals surface area contributed by atoms with Crippen LogP contribution in [0.4, 0.5) is 5.69 Å². The number of nitrogens with one attached hydrogen (secondary N) is 2. The first-order chi connectivity index (χ1) is 12.7. The van der Waals surface area contributed by atoms with Gasteiger partial charge in [0, 0.05) is 30.4 Å². The summed E-state index contributed by atoms with van der Waals surface area (Å²) in [5.74, 6) is 0.381. The Kier molecular flexibility index (Phi) is 6.71. The predicted octanol–water partition coefficient (Wildman–Crippen LogP) is 3.30. The monoisotopic (exact) mass is 389 g/mol. The molecule has 26 heavy (non-hydrogen) atoms. The van der Waals surface area contributed by atoms with Gasteiger partial charge in [-0.25, -0.2) is 0 Å². The van der Waals surface area contributed by atoms with Crippen molar-refractivity contribution in [2.75, 3.05) is 31.2 Å². The van der Waals surface area contributed by atoms with Crippen LogP contribution >= 0.6 is 23.1 Å². The first-order valence-corrected chi connectivity index (χ1v) is 10.5. The summed E-state index contributed by atoms with van der Waals surface area (Å²) in [5.41, 5.74) is 1.37. The number of amides is 2. The standard InChI is InChI=1S/C19H23N3O2S2/c1-20-16-4-2-10-22(12-16)19(24)14-6-8-15(9-7-14)21-17(23)13-26-18-5-3-11-25-18/h3,5-9,11,16,20H,2,4,10,12-13H2,1H3,(H,21,23). The highest BCUT2D eigenvalue weighted by atomic mass is 32.2. The van der Waals surface area contributed by atoms with Gasteiger partial charge in [-0.05, 0) is 55.6 Å². The van der Waals surface area contributed by atoms with E-state index >= 15 is 0 Å². The topological polar surface area (TPSA) is 61.4 Å². The number of nitrogens with zero attached hydrogens (tertiary/aromatic N) is 1. The summed E-state index contributed by atoms with van der Waals surface area (Å²) >= 11 is 3.15. The molecule has 2 amide bonds. The van der Waals surface area contributed by atoms with Crippen LogP contribution in [0.2, 0.25) is 0 Å². The third kappa shape index (κ3) is 5.09. The SMILES string of the molecule is CNC1CCCN(C(=O)c2ccc(NC(=O)CSc3cccs3)cc2)C1. The Bertz CT molecular complexity index is 732. The van der Waals surface area contributed by atoms with Crippen LogP contribution in [0.15, 0.2) is 46.0 Å². The Morgan fingerprint density at radius 2 is 2.08 bits per heavy atom. The average Bonchev–Trinajstić information content (AvgIpc) is 3.20. The molecule has 3 rings (SSSR count). The van der Waals surface area contributed by atoms with Crippen molar-refractivity contribution in [1.82, 2.24) is 10.2 Å². The van der Waals surface area contributed by atoms with Gasteiger partial charge in [0.05, 0.1) is 9.96 Å². The number of thioether (sulfide) groups is 1. The fraction of sp³-hybridized carbons (Fsp3) is 0.368. The van der Waals surface area contributed by atoms with E-state index in [4.69, 9.17) is 0 Å². The van der Waals surface area contributed by atoms with Crippen molar-refractivity contribution in [2.45, 2.75) is 23.1 Å². The molecule has 2 aromatic rings. The summed E-state index contributed by atoms with van der Waals surface area (Å²) in [6.45, 7) is 1.54. The molecule has 1 saturated heterocycles. The second kappa shape index (κ2) is 9.21. The van der Waals surface area contributed by atoms with Gasteiger partial charge in [-0.15, -0.1) is 23.1 Å². The van der Waals surface area contributed by atoms with Crippen LogP contribution in [0, 0.1) is 0 Å². The molecule has 138 valence electrons. The minimum Gasteiger partial charge on any atom is -0.337 e. The van der Waals surface area contributed by atoms with Gasteiger partial charge >= 0.3 is 0 Å². The number of carbonyl (C=O) groups excluding carboxylic acids is 2. The number of benzene rings is 1. The molecule has 1 aliphatic rings. The van der Waals surface area contributed by atoms with Gasteiger partial charge in [0.2, 0.25) is 5.91 Å². The van der Waals surface area contributed by atoms with Crippen molar-refractivity contribution >= 4 is 40.6 Å². The zero-order chi connectivity index (χ0) is 18.4. The van der Waals surface area contributed by atoms with Crippen molar-refractivity contribution in [3.05, 3.63) is 47.3 Å². The van der Waals surface area contributed by atoms with E-state index in [1.54, 1.807) is 35.6 Å². The molecule has 1 aliphatic heterocycles. The molecular formula is C19H23N3O2S2. The lowest BCUT2D eigenvalue weighted by atomic mass is 10.0. The number of piperidine rings is 1. The molecular weight excluding hydrogens is 366 g/mol. The first-order valence-electron chi connectivity index (χ1n) is 8.68. The van der Waals surface area contributed by atoms with Crippen molar-refractivity contribution < 1.29 is 9.59 Å². The Morgan fingerprint density at radius 3 is 2.77 bits per heavy atom. The Morgan fingerprint density at radius 1 is 1.27 bits per heavy atom. The van der Waals surface area contributed by atoms with Crippen molar-refractivity contribution in [2.24, 2.45) is 0 Å². The highest BCUT2D eigenvalue weighted by Gasteiger charge is 2.23. The Hall–Kier alpha value is -1.83. The normalized spacial score (nSPS) is 17.1. The van der Waals surface area contributed by atoms with Crippen molar-refractivity contribution in [3.8, 4) is 0 Å². The van der Waals surface area contributed by atoms with Gasteiger partial charge in [-0.2, -0.15) is 0 Å². The average molecular weight is 390 g/mol. The van der Waals surface area contributed by atoms with Gasteiger partial charge in [-0.1, -0.05) is 6.07 Å².